The third-order valence-corrected chi connectivity index (χ3v) is 2.19. The lowest BCUT2D eigenvalue weighted by Crippen LogP contribution is -1.81. The molecule has 0 heteroatoms. The fraction of sp³-hybridized carbons (Fsp3) is 0.0769. The SMILES string of the molecule is C#Cc1ccc(C2=CC=CC2)cc1. The standard InChI is InChI=1S/C13H10/c1-2-11-7-9-13(10-8-11)12-5-3-4-6-12/h1,3-5,7-10H,6H2. The van der Waals surface area contributed by atoms with E-state index in [1.54, 1.807) is 0 Å². The van der Waals surface area contributed by atoms with E-state index in [2.05, 4.69) is 36.3 Å². The summed E-state index contributed by atoms with van der Waals surface area (Å²) in [6, 6.07) is 8.12. The van der Waals surface area contributed by atoms with Crippen LogP contribution in [-0.2, 0) is 0 Å². The highest BCUT2D eigenvalue weighted by molar-refractivity contribution is 5.71. The average molecular weight is 166 g/mol. The van der Waals surface area contributed by atoms with Crippen molar-refractivity contribution in [2.24, 2.45) is 0 Å². The van der Waals surface area contributed by atoms with Gasteiger partial charge in [-0.25, -0.2) is 0 Å². The maximum atomic E-state index is 5.28. The Labute approximate surface area is 78.6 Å². The van der Waals surface area contributed by atoms with E-state index in [0.29, 0.717) is 0 Å². The molecule has 1 aromatic rings. The molecule has 2 rings (SSSR count). The average Bonchev–Trinajstić information content (AvgIpc) is 2.71. The zero-order valence-corrected chi connectivity index (χ0v) is 7.33. The van der Waals surface area contributed by atoms with Crippen LogP contribution >= 0.6 is 0 Å². The van der Waals surface area contributed by atoms with E-state index in [0.717, 1.165) is 12.0 Å². The fourth-order valence-electron chi connectivity index (χ4n) is 1.44. The van der Waals surface area contributed by atoms with Gasteiger partial charge in [-0.3, -0.25) is 0 Å². The van der Waals surface area contributed by atoms with Crippen LogP contribution in [-0.4, -0.2) is 0 Å². The van der Waals surface area contributed by atoms with Crippen LogP contribution in [0.2, 0.25) is 0 Å². The molecule has 0 nitrogen and oxygen atoms in total. The number of benzene rings is 1. The van der Waals surface area contributed by atoms with Crippen LogP contribution < -0.4 is 0 Å². The molecular formula is C13H10. The Bertz CT molecular complexity index is 397. The van der Waals surface area contributed by atoms with Crippen molar-refractivity contribution in [3.8, 4) is 12.3 Å². The first-order chi connectivity index (χ1) is 6.40. The summed E-state index contributed by atoms with van der Waals surface area (Å²) in [6.45, 7) is 0. The predicted octanol–water partition coefficient (Wildman–Crippen LogP) is 3.01. The third kappa shape index (κ3) is 1.55. The molecule has 0 bridgehead atoms. The summed E-state index contributed by atoms with van der Waals surface area (Å²) in [5.74, 6) is 2.61. The van der Waals surface area contributed by atoms with Crippen molar-refractivity contribution in [2.45, 2.75) is 6.42 Å². The first kappa shape index (κ1) is 7.89. The van der Waals surface area contributed by atoms with Gasteiger partial charge in [-0.2, -0.15) is 0 Å². The first-order valence-electron chi connectivity index (χ1n) is 4.33. The van der Waals surface area contributed by atoms with E-state index >= 15 is 0 Å². The zero-order chi connectivity index (χ0) is 9.10. The first-order valence-corrected chi connectivity index (χ1v) is 4.33. The molecule has 0 spiro atoms. The zero-order valence-electron chi connectivity index (χ0n) is 7.33. The molecule has 1 aliphatic carbocycles. The van der Waals surface area contributed by atoms with Crippen molar-refractivity contribution in [1.29, 1.82) is 0 Å². The van der Waals surface area contributed by atoms with E-state index in [-0.39, 0.29) is 0 Å². The molecule has 0 radical (unpaired) electrons. The lowest BCUT2D eigenvalue weighted by molar-refractivity contribution is 1.43. The third-order valence-electron chi connectivity index (χ3n) is 2.19. The van der Waals surface area contributed by atoms with Gasteiger partial charge in [0.2, 0.25) is 0 Å². The van der Waals surface area contributed by atoms with Crippen LogP contribution in [0.3, 0.4) is 0 Å². The number of allylic oxidation sites excluding steroid dienone is 4. The predicted molar refractivity (Wildman–Crippen MR) is 56.1 cm³/mol. The van der Waals surface area contributed by atoms with Gasteiger partial charge in [0.15, 0.2) is 0 Å². The molecule has 0 amide bonds. The second-order valence-electron chi connectivity index (χ2n) is 3.05. The minimum atomic E-state index is 0.940. The lowest BCUT2D eigenvalue weighted by atomic mass is 10.0. The van der Waals surface area contributed by atoms with Crippen LogP contribution in [0.15, 0.2) is 42.5 Å². The molecule has 0 saturated carbocycles. The molecule has 0 heterocycles. The molecule has 0 atom stereocenters. The van der Waals surface area contributed by atoms with Crippen molar-refractivity contribution >= 4 is 5.57 Å². The second-order valence-corrected chi connectivity index (χ2v) is 3.05. The maximum absolute atomic E-state index is 5.28. The number of hydrogen-bond donors (Lipinski definition) is 0. The molecule has 62 valence electrons. The van der Waals surface area contributed by atoms with Crippen LogP contribution in [0.4, 0.5) is 0 Å². The lowest BCUT2D eigenvalue weighted by Gasteiger charge is -2.01. The molecule has 0 aliphatic heterocycles. The Kier molecular flexibility index (Phi) is 2.02. The quantitative estimate of drug-likeness (QED) is 0.562. The van der Waals surface area contributed by atoms with Crippen molar-refractivity contribution in [1.82, 2.24) is 0 Å². The van der Waals surface area contributed by atoms with E-state index in [1.165, 1.54) is 11.1 Å². The highest BCUT2D eigenvalue weighted by atomic mass is 14.1. The van der Waals surface area contributed by atoms with Crippen LogP contribution in [0, 0.1) is 12.3 Å². The normalized spacial score (nSPS) is 13.9. The maximum Gasteiger partial charge on any atom is 0.0243 e. The summed E-state index contributed by atoms with van der Waals surface area (Å²) < 4.78 is 0. The van der Waals surface area contributed by atoms with E-state index in [4.69, 9.17) is 6.42 Å². The summed E-state index contributed by atoms with van der Waals surface area (Å²) in [6.07, 6.45) is 12.7. The molecule has 0 saturated heterocycles. The summed E-state index contributed by atoms with van der Waals surface area (Å²) in [4.78, 5) is 0. The molecule has 1 aliphatic rings. The Morgan fingerprint density at radius 1 is 1.15 bits per heavy atom. The number of terminal acetylenes is 1. The second kappa shape index (κ2) is 3.33. The molecule has 0 unspecified atom stereocenters. The van der Waals surface area contributed by atoms with Gasteiger partial charge in [-0.05, 0) is 29.7 Å². The molecule has 0 aromatic heterocycles. The van der Waals surface area contributed by atoms with Gasteiger partial charge in [-0.15, -0.1) is 6.42 Å². The van der Waals surface area contributed by atoms with Crippen molar-refractivity contribution in [2.75, 3.05) is 0 Å². The minimum Gasteiger partial charge on any atom is -0.115 e. The highest BCUT2D eigenvalue weighted by Crippen LogP contribution is 2.22. The van der Waals surface area contributed by atoms with Gasteiger partial charge >= 0.3 is 0 Å². The van der Waals surface area contributed by atoms with Crippen molar-refractivity contribution in [3.63, 3.8) is 0 Å². The molecular weight excluding hydrogens is 156 g/mol. The minimum absolute atomic E-state index is 0.940. The molecule has 1 aromatic carbocycles. The highest BCUT2D eigenvalue weighted by Gasteiger charge is 2.01. The van der Waals surface area contributed by atoms with Crippen LogP contribution in [0.5, 0.6) is 0 Å². The van der Waals surface area contributed by atoms with Crippen molar-refractivity contribution in [3.05, 3.63) is 53.6 Å². The van der Waals surface area contributed by atoms with Crippen LogP contribution in [0.1, 0.15) is 17.5 Å². The largest absolute Gasteiger partial charge is 0.115 e. The van der Waals surface area contributed by atoms with Crippen LogP contribution in [0.25, 0.3) is 5.57 Å². The summed E-state index contributed by atoms with van der Waals surface area (Å²) >= 11 is 0. The van der Waals surface area contributed by atoms with E-state index in [1.807, 2.05) is 12.1 Å². The van der Waals surface area contributed by atoms with E-state index in [9.17, 15) is 0 Å². The Morgan fingerprint density at radius 3 is 2.46 bits per heavy atom. The van der Waals surface area contributed by atoms with Gasteiger partial charge in [0.05, 0.1) is 0 Å². The molecule has 13 heavy (non-hydrogen) atoms. The Morgan fingerprint density at radius 2 is 1.92 bits per heavy atom. The van der Waals surface area contributed by atoms with Crippen molar-refractivity contribution < 1.29 is 0 Å². The summed E-state index contributed by atoms with van der Waals surface area (Å²) in [5, 5.41) is 0. The van der Waals surface area contributed by atoms with Gasteiger partial charge in [-0.1, -0.05) is 36.3 Å². The van der Waals surface area contributed by atoms with E-state index < -0.39 is 0 Å². The Balaban J connectivity index is 2.29. The number of rotatable bonds is 1. The molecule has 0 fully saturated rings. The van der Waals surface area contributed by atoms with Gasteiger partial charge < -0.3 is 0 Å². The summed E-state index contributed by atoms with van der Waals surface area (Å²) in [7, 11) is 0. The molecule has 0 N–H and O–H groups in total. The smallest absolute Gasteiger partial charge is 0.0243 e. The summed E-state index contributed by atoms with van der Waals surface area (Å²) in [5.41, 5.74) is 3.57. The Hall–Kier alpha value is -1.74. The monoisotopic (exact) mass is 166 g/mol. The van der Waals surface area contributed by atoms with Gasteiger partial charge in [0, 0.05) is 5.56 Å². The van der Waals surface area contributed by atoms with Gasteiger partial charge in [0.25, 0.3) is 0 Å². The fourth-order valence-corrected chi connectivity index (χ4v) is 1.44. The topological polar surface area (TPSA) is 0 Å². The van der Waals surface area contributed by atoms with Gasteiger partial charge in [0.1, 0.15) is 0 Å². The number of hydrogen-bond acceptors (Lipinski definition) is 0.